The van der Waals surface area contributed by atoms with E-state index in [1.54, 1.807) is 48.8 Å². The zero-order valence-corrected chi connectivity index (χ0v) is 33.4. The highest BCUT2D eigenvalue weighted by atomic mass is 19.4. The van der Waals surface area contributed by atoms with Crippen molar-refractivity contribution in [3.05, 3.63) is 107 Å². The van der Waals surface area contributed by atoms with Crippen molar-refractivity contribution in [2.75, 3.05) is 59.9 Å². The molecule has 6 aromatic rings. The number of benzene rings is 2. The second-order valence-corrected chi connectivity index (χ2v) is 15.6. The molecule has 6 heterocycles. The van der Waals surface area contributed by atoms with Crippen LogP contribution in [-0.4, -0.2) is 80.5 Å². The lowest BCUT2D eigenvalue weighted by molar-refractivity contribution is -0.139. The Morgan fingerprint density at radius 2 is 1.15 bits per heavy atom. The van der Waals surface area contributed by atoms with Crippen molar-refractivity contribution in [3.63, 3.8) is 0 Å². The van der Waals surface area contributed by atoms with Gasteiger partial charge >= 0.3 is 12.4 Å². The van der Waals surface area contributed by atoms with E-state index in [1.807, 2.05) is 37.5 Å². The Labute approximate surface area is 342 Å². The molecule has 0 amide bonds. The van der Waals surface area contributed by atoms with E-state index in [1.165, 1.54) is 24.3 Å². The number of alkyl halides is 6. The molecule has 0 radical (unpaired) electrons. The molecule has 2 aliphatic rings. The first-order chi connectivity index (χ1) is 28.5. The predicted molar refractivity (Wildman–Crippen MR) is 217 cm³/mol. The molecule has 8 rings (SSSR count). The largest absolute Gasteiger partial charge is 0.416 e. The minimum absolute atomic E-state index is 0.0231. The number of hydrogen-bond acceptors (Lipinski definition) is 12. The summed E-state index contributed by atoms with van der Waals surface area (Å²) in [6.07, 6.45) is -5.58. The number of hydrogen-bond donors (Lipinski definition) is 2. The maximum absolute atomic E-state index is 13.3. The fraction of sp³-hybridized carbons (Fsp3) is 0.381. The molecule has 0 bridgehead atoms. The van der Waals surface area contributed by atoms with Crippen molar-refractivity contribution >= 4 is 45.6 Å². The fourth-order valence-electron chi connectivity index (χ4n) is 7.11. The highest BCUT2D eigenvalue weighted by Gasteiger charge is 2.35. The fourth-order valence-corrected chi connectivity index (χ4v) is 7.11. The predicted octanol–water partition coefficient (Wildman–Crippen LogP) is 8.54. The molecule has 60 heavy (non-hydrogen) atoms. The molecule has 0 unspecified atom stereocenters. The topological polar surface area (TPSA) is 126 Å². The van der Waals surface area contributed by atoms with Crippen LogP contribution in [0.5, 0.6) is 0 Å². The minimum Gasteiger partial charge on any atom is -0.377 e. The van der Waals surface area contributed by atoms with Gasteiger partial charge in [-0.25, -0.2) is 9.97 Å². The van der Waals surface area contributed by atoms with Gasteiger partial charge in [-0.05, 0) is 75.2 Å². The van der Waals surface area contributed by atoms with Crippen molar-refractivity contribution in [1.82, 2.24) is 29.9 Å². The van der Waals surface area contributed by atoms with Crippen LogP contribution in [0, 0.1) is 0 Å². The molecule has 2 saturated heterocycles. The first-order valence-electron chi connectivity index (χ1n) is 19.3. The lowest BCUT2D eigenvalue weighted by Gasteiger charge is -2.42. The normalized spacial score (nSPS) is 16.6. The van der Waals surface area contributed by atoms with Gasteiger partial charge in [-0.2, -0.15) is 46.3 Å². The smallest absolute Gasteiger partial charge is 0.377 e. The quantitative estimate of drug-likeness (QED) is 0.143. The van der Waals surface area contributed by atoms with Gasteiger partial charge < -0.3 is 29.9 Å². The Hall–Kier alpha value is -5.88. The Morgan fingerprint density at radius 1 is 0.633 bits per heavy atom. The number of fused-ring (bicyclic) bond motifs is 2. The summed E-state index contributed by atoms with van der Waals surface area (Å²) in [6, 6.07) is 18.1. The molecule has 18 heteroatoms. The van der Waals surface area contributed by atoms with E-state index in [0.717, 1.165) is 12.1 Å². The number of morpholine rings is 2. The molecule has 0 atom stereocenters. The molecule has 316 valence electrons. The zero-order chi connectivity index (χ0) is 42.7. The van der Waals surface area contributed by atoms with Crippen LogP contribution in [0.1, 0.15) is 49.9 Å². The lowest BCUT2D eigenvalue weighted by atomic mass is 10.0. The summed E-state index contributed by atoms with van der Waals surface area (Å²) in [6.45, 7) is 11.5. The minimum atomic E-state index is -4.42. The van der Waals surface area contributed by atoms with E-state index in [-0.39, 0.29) is 35.4 Å². The zero-order valence-electron chi connectivity index (χ0n) is 33.4. The van der Waals surface area contributed by atoms with Gasteiger partial charge in [0.15, 0.2) is 11.3 Å². The number of nitrogens with zero attached hydrogens (tertiary/aromatic N) is 8. The molecule has 0 aliphatic carbocycles. The summed E-state index contributed by atoms with van der Waals surface area (Å²) in [4.78, 5) is 31.1. The third kappa shape index (κ3) is 9.76. The van der Waals surface area contributed by atoms with Gasteiger partial charge in [0.05, 0.1) is 52.9 Å². The number of aromatic nitrogens is 6. The number of ether oxygens (including phenoxy) is 2. The Balaban J connectivity index is 0.000000181. The Morgan fingerprint density at radius 3 is 1.67 bits per heavy atom. The van der Waals surface area contributed by atoms with Gasteiger partial charge in [-0.1, -0.05) is 36.4 Å². The van der Waals surface area contributed by atoms with Crippen LogP contribution < -0.4 is 20.4 Å². The second kappa shape index (κ2) is 17.0. The number of nitrogens with one attached hydrogen (secondary N) is 2. The third-order valence-electron chi connectivity index (χ3n) is 10.1. The molecule has 2 N–H and O–H groups in total. The van der Waals surface area contributed by atoms with Crippen LogP contribution in [0.25, 0.3) is 22.1 Å². The van der Waals surface area contributed by atoms with Crippen LogP contribution in [0.2, 0.25) is 0 Å². The van der Waals surface area contributed by atoms with Crippen LogP contribution in [0.15, 0.2) is 85.2 Å². The van der Waals surface area contributed by atoms with Crippen LogP contribution >= 0.6 is 0 Å². The average molecular weight is 835 g/mol. The van der Waals surface area contributed by atoms with Crippen LogP contribution in [0.4, 0.5) is 49.9 Å². The van der Waals surface area contributed by atoms with E-state index < -0.39 is 23.5 Å². The number of rotatable bonds is 8. The highest BCUT2D eigenvalue weighted by Crippen LogP contribution is 2.35. The molecule has 2 fully saturated rings. The maximum atomic E-state index is 13.3. The first-order valence-corrected chi connectivity index (χ1v) is 19.3. The monoisotopic (exact) mass is 834 g/mol. The third-order valence-corrected chi connectivity index (χ3v) is 10.1. The Kier molecular flexibility index (Phi) is 12.0. The number of anilines is 4. The molecule has 4 aromatic heterocycles. The van der Waals surface area contributed by atoms with Crippen molar-refractivity contribution in [1.29, 1.82) is 0 Å². The summed E-state index contributed by atoms with van der Waals surface area (Å²) in [5.74, 6) is 1.84. The number of halogens is 6. The molecule has 2 aliphatic heterocycles. The van der Waals surface area contributed by atoms with E-state index >= 15 is 0 Å². The van der Waals surface area contributed by atoms with Gasteiger partial charge in [-0.15, -0.1) is 0 Å². The maximum Gasteiger partial charge on any atom is 0.416 e. The molecular weight excluding hydrogens is 791 g/mol. The van der Waals surface area contributed by atoms with Gasteiger partial charge in [0.1, 0.15) is 11.6 Å². The summed E-state index contributed by atoms with van der Waals surface area (Å²) in [7, 11) is 0. The molecular formula is C42H44F6N10O2. The van der Waals surface area contributed by atoms with Crippen molar-refractivity contribution in [3.8, 4) is 0 Å². The SMILES string of the molecule is CC1(C)CN(c2nc(NCc3ccccc3C(F)(F)F)c3cccnc3n2)CCO1.CC1(C)COCCN1c1nc(NCc2ccccc2C(F)(F)F)c2cccnc2n1. The molecule has 2 aromatic carbocycles. The van der Waals surface area contributed by atoms with Crippen molar-refractivity contribution < 1.29 is 35.8 Å². The summed E-state index contributed by atoms with van der Waals surface area (Å²) in [5, 5.41) is 7.44. The summed E-state index contributed by atoms with van der Waals surface area (Å²) < 4.78 is 91.3. The van der Waals surface area contributed by atoms with Crippen molar-refractivity contribution in [2.45, 2.75) is 64.3 Å². The van der Waals surface area contributed by atoms with Gasteiger partial charge in [0.2, 0.25) is 11.9 Å². The van der Waals surface area contributed by atoms with E-state index in [4.69, 9.17) is 9.47 Å². The lowest BCUT2D eigenvalue weighted by Crippen LogP contribution is -2.53. The van der Waals surface area contributed by atoms with E-state index in [0.29, 0.717) is 85.1 Å². The Bertz CT molecular complexity index is 2450. The van der Waals surface area contributed by atoms with Gasteiger partial charge in [0.25, 0.3) is 0 Å². The van der Waals surface area contributed by atoms with E-state index in [9.17, 15) is 26.3 Å². The first kappa shape index (κ1) is 42.3. The highest BCUT2D eigenvalue weighted by molar-refractivity contribution is 5.88. The molecule has 12 nitrogen and oxygen atoms in total. The average Bonchev–Trinajstić information content (AvgIpc) is 3.21. The summed E-state index contributed by atoms with van der Waals surface area (Å²) >= 11 is 0. The standard InChI is InChI=1S/2C21H22F3N5O/c1-20(2)13-30-11-10-29(20)19-27-17-15(7-5-9-25-17)18(28-19)26-12-14-6-3-4-8-16(14)21(22,23)24;1-20(2)13-29(10-11-30-20)19-27-17-15(7-5-9-25-17)18(28-19)26-12-14-6-3-4-8-16(14)21(22,23)24/h2*3-9H,10-13H2,1-2H3,(H,25,26,27,28). The second-order valence-electron chi connectivity index (χ2n) is 15.6. The number of pyridine rings is 2. The van der Waals surface area contributed by atoms with Gasteiger partial charge in [0, 0.05) is 45.1 Å². The van der Waals surface area contributed by atoms with Crippen LogP contribution in [-0.2, 0) is 34.9 Å². The molecule has 0 spiro atoms. The van der Waals surface area contributed by atoms with Crippen molar-refractivity contribution in [2.24, 2.45) is 0 Å². The molecule has 0 saturated carbocycles. The van der Waals surface area contributed by atoms with Crippen LogP contribution in [0.3, 0.4) is 0 Å². The summed E-state index contributed by atoms with van der Waals surface area (Å²) in [5.41, 5.74) is -0.730. The van der Waals surface area contributed by atoms with Gasteiger partial charge in [-0.3, -0.25) is 0 Å². The van der Waals surface area contributed by atoms with E-state index in [2.05, 4.69) is 40.5 Å².